The summed E-state index contributed by atoms with van der Waals surface area (Å²) >= 11 is 12.2. The van der Waals surface area contributed by atoms with Gasteiger partial charge in [-0.2, -0.15) is 0 Å². The van der Waals surface area contributed by atoms with Gasteiger partial charge in [0, 0.05) is 37.5 Å². The van der Waals surface area contributed by atoms with E-state index in [-0.39, 0.29) is 0 Å². The van der Waals surface area contributed by atoms with Gasteiger partial charge in [0.05, 0.1) is 10.7 Å². The van der Waals surface area contributed by atoms with Crippen molar-refractivity contribution in [3.05, 3.63) is 52.0 Å². The number of hydrogen-bond donors (Lipinski definition) is 0. The van der Waals surface area contributed by atoms with Crippen molar-refractivity contribution in [2.75, 3.05) is 11.4 Å². The molecule has 0 spiro atoms. The summed E-state index contributed by atoms with van der Waals surface area (Å²) in [6.07, 6.45) is 4.38. The largest absolute Gasteiger partial charge is 0.350 e. The molecule has 7 heteroatoms. The van der Waals surface area contributed by atoms with E-state index in [9.17, 15) is 0 Å². The van der Waals surface area contributed by atoms with Gasteiger partial charge in [0.1, 0.15) is 11.0 Å². The first-order chi connectivity index (χ1) is 10.2. The van der Waals surface area contributed by atoms with E-state index in [4.69, 9.17) is 23.2 Å². The first-order valence-corrected chi connectivity index (χ1v) is 7.35. The number of nitrogens with zero attached hydrogens (tertiary/aromatic N) is 5. The molecular weight excluding hydrogens is 309 g/mol. The lowest BCUT2D eigenvalue weighted by atomic mass is 10.1. The second kappa shape index (κ2) is 4.86. The van der Waals surface area contributed by atoms with Gasteiger partial charge in [-0.15, -0.1) is 5.10 Å². The van der Waals surface area contributed by atoms with Crippen LogP contribution in [-0.4, -0.2) is 26.1 Å². The fourth-order valence-electron chi connectivity index (χ4n) is 2.61. The van der Waals surface area contributed by atoms with E-state index >= 15 is 0 Å². The van der Waals surface area contributed by atoms with Crippen molar-refractivity contribution in [2.24, 2.45) is 0 Å². The normalized spacial score (nSPS) is 14.5. The molecule has 1 aliphatic rings. The lowest BCUT2D eigenvalue weighted by Crippen LogP contribution is -2.32. The molecular formula is C14H11Cl2N5. The summed E-state index contributed by atoms with van der Waals surface area (Å²) in [4.78, 5) is 10.7. The highest BCUT2D eigenvalue weighted by atomic mass is 35.5. The fourth-order valence-corrected chi connectivity index (χ4v) is 3.15. The predicted octanol–water partition coefficient (Wildman–Crippen LogP) is 2.99. The number of rotatable bonds is 1. The van der Waals surface area contributed by atoms with Crippen LogP contribution >= 0.6 is 23.2 Å². The Morgan fingerprint density at radius 2 is 2.10 bits per heavy atom. The fraction of sp³-hybridized carbons (Fsp3) is 0.214. The van der Waals surface area contributed by atoms with Crippen molar-refractivity contribution < 1.29 is 0 Å². The van der Waals surface area contributed by atoms with Crippen molar-refractivity contribution in [3.8, 4) is 0 Å². The Kier molecular flexibility index (Phi) is 2.97. The standard InChI is InChI=1S/C14H11Cl2N5/c15-10-7-12(16)18-11-3-5-20(8-9(10)11)14-2-1-13-17-4-6-21(13)19-14/h1-2,4,6-7H,3,5,8H2. The van der Waals surface area contributed by atoms with Crippen molar-refractivity contribution in [3.63, 3.8) is 0 Å². The molecule has 0 fully saturated rings. The van der Waals surface area contributed by atoms with E-state index < -0.39 is 0 Å². The minimum atomic E-state index is 0.449. The molecule has 4 heterocycles. The molecule has 0 aliphatic carbocycles. The zero-order valence-electron chi connectivity index (χ0n) is 11.0. The molecule has 1 aliphatic heterocycles. The molecule has 0 radical (unpaired) electrons. The molecule has 5 nitrogen and oxygen atoms in total. The highest BCUT2D eigenvalue weighted by molar-refractivity contribution is 6.34. The molecule has 4 rings (SSSR count). The lowest BCUT2D eigenvalue weighted by Gasteiger charge is -2.29. The third-order valence-corrected chi connectivity index (χ3v) is 4.19. The Morgan fingerprint density at radius 1 is 1.19 bits per heavy atom. The van der Waals surface area contributed by atoms with Crippen LogP contribution in [0.4, 0.5) is 5.82 Å². The van der Waals surface area contributed by atoms with Gasteiger partial charge in [-0.25, -0.2) is 14.5 Å². The summed E-state index contributed by atoms with van der Waals surface area (Å²) in [6, 6.07) is 5.63. The zero-order valence-corrected chi connectivity index (χ0v) is 12.5. The number of aromatic nitrogens is 4. The number of halogens is 2. The third kappa shape index (κ3) is 2.22. The number of anilines is 1. The van der Waals surface area contributed by atoms with Crippen LogP contribution in [-0.2, 0) is 13.0 Å². The number of fused-ring (bicyclic) bond motifs is 2. The Morgan fingerprint density at radius 3 is 3.00 bits per heavy atom. The Labute approximate surface area is 131 Å². The predicted molar refractivity (Wildman–Crippen MR) is 82.0 cm³/mol. The summed E-state index contributed by atoms with van der Waals surface area (Å²) in [6.45, 7) is 1.52. The summed E-state index contributed by atoms with van der Waals surface area (Å²) < 4.78 is 1.77. The molecule has 0 bridgehead atoms. The van der Waals surface area contributed by atoms with Crippen LogP contribution in [0, 0.1) is 0 Å². The molecule has 0 amide bonds. The van der Waals surface area contributed by atoms with E-state index in [1.165, 1.54) is 0 Å². The minimum Gasteiger partial charge on any atom is -0.350 e. The SMILES string of the molecule is Clc1cc(Cl)c2c(n1)CCN(c1ccc3nccn3n1)C2. The summed E-state index contributed by atoms with van der Waals surface area (Å²) in [5, 5.41) is 5.68. The van der Waals surface area contributed by atoms with Gasteiger partial charge in [0.25, 0.3) is 0 Å². The van der Waals surface area contributed by atoms with Gasteiger partial charge < -0.3 is 4.90 Å². The molecule has 106 valence electrons. The molecule has 0 N–H and O–H groups in total. The second-order valence-electron chi connectivity index (χ2n) is 4.95. The Hall–Kier alpha value is -1.85. The average Bonchev–Trinajstić information content (AvgIpc) is 2.94. The maximum absolute atomic E-state index is 6.29. The second-order valence-corrected chi connectivity index (χ2v) is 5.74. The number of pyridine rings is 1. The highest BCUT2D eigenvalue weighted by Gasteiger charge is 2.21. The van der Waals surface area contributed by atoms with Crippen LogP contribution in [0.5, 0.6) is 0 Å². The van der Waals surface area contributed by atoms with E-state index in [1.807, 2.05) is 18.3 Å². The summed E-state index contributed by atoms with van der Waals surface area (Å²) in [5.74, 6) is 0.900. The average molecular weight is 320 g/mol. The molecule has 0 saturated heterocycles. The molecule has 0 unspecified atom stereocenters. The Bertz CT molecular complexity index is 829. The smallest absolute Gasteiger partial charge is 0.153 e. The number of hydrogen-bond acceptors (Lipinski definition) is 4. The van der Waals surface area contributed by atoms with Crippen LogP contribution in [0.1, 0.15) is 11.3 Å². The third-order valence-electron chi connectivity index (χ3n) is 3.66. The molecule has 3 aromatic rings. The van der Waals surface area contributed by atoms with Crippen molar-refractivity contribution >= 4 is 34.7 Å². The van der Waals surface area contributed by atoms with Gasteiger partial charge in [0.15, 0.2) is 5.65 Å². The topological polar surface area (TPSA) is 46.3 Å². The lowest BCUT2D eigenvalue weighted by molar-refractivity contribution is 0.692. The van der Waals surface area contributed by atoms with Gasteiger partial charge in [0.2, 0.25) is 0 Å². The van der Waals surface area contributed by atoms with Crippen molar-refractivity contribution in [2.45, 2.75) is 13.0 Å². The quantitative estimate of drug-likeness (QED) is 0.647. The van der Waals surface area contributed by atoms with Crippen LogP contribution < -0.4 is 4.90 Å². The monoisotopic (exact) mass is 319 g/mol. The first kappa shape index (κ1) is 12.9. The number of imidazole rings is 1. The van der Waals surface area contributed by atoms with Crippen LogP contribution in [0.15, 0.2) is 30.6 Å². The molecule has 0 atom stereocenters. The van der Waals surface area contributed by atoms with Crippen molar-refractivity contribution in [1.29, 1.82) is 0 Å². The van der Waals surface area contributed by atoms with E-state index in [0.717, 1.165) is 35.7 Å². The maximum Gasteiger partial charge on any atom is 0.153 e. The van der Waals surface area contributed by atoms with Crippen LogP contribution in [0.3, 0.4) is 0 Å². The zero-order chi connectivity index (χ0) is 14.4. The van der Waals surface area contributed by atoms with E-state index in [0.29, 0.717) is 16.7 Å². The van der Waals surface area contributed by atoms with Crippen LogP contribution in [0.2, 0.25) is 10.2 Å². The van der Waals surface area contributed by atoms with Gasteiger partial charge in [-0.05, 0) is 18.2 Å². The molecule has 0 saturated carbocycles. The summed E-state index contributed by atoms with van der Waals surface area (Å²) in [5.41, 5.74) is 2.84. The van der Waals surface area contributed by atoms with Gasteiger partial charge in [-0.3, -0.25) is 0 Å². The van der Waals surface area contributed by atoms with Gasteiger partial charge >= 0.3 is 0 Å². The van der Waals surface area contributed by atoms with E-state index in [2.05, 4.69) is 20.0 Å². The molecule has 21 heavy (non-hydrogen) atoms. The first-order valence-electron chi connectivity index (χ1n) is 6.60. The maximum atomic E-state index is 6.29. The molecule has 3 aromatic heterocycles. The Balaban J connectivity index is 1.71. The minimum absolute atomic E-state index is 0.449. The van der Waals surface area contributed by atoms with Gasteiger partial charge in [-0.1, -0.05) is 23.2 Å². The van der Waals surface area contributed by atoms with Crippen LogP contribution in [0.25, 0.3) is 5.65 Å². The highest BCUT2D eigenvalue weighted by Crippen LogP contribution is 2.29. The molecule has 0 aromatic carbocycles. The van der Waals surface area contributed by atoms with Crippen molar-refractivity contribution in [1.82, 2.24) is 19.6 Å². The van der Waals surface area contributed by atoms with E-state index in [1.54, 1.807) is 16.8 Å². The summed E-state index contributed by atoms with van der Waals surface area (Å²) in [7, 11) is 0.